The van der Waals surface area contributed by atoms with E-state index in [1.54, 1.807) is 12.1 Å². The third kappa shape index (κ3) is 4.35. The maximum atomic E-state index is 12.8. The van der Waals surface area contributed by atoms with Crippen molar-refractivity contribution in [1.82, 2.24) is 4.31 Å². The van der Waals surface area contributed by atoms with Crippen molar-refractivity contribution in [2.75, 3.05) is 57.5 Å². The fourth-order valence-corrected chi connectivity index (χ4v) is 4.14. The molecule has 1 aliphatic rings. The third-order valence-corrected chi connectivity index (χ3v) is 6.80. The van der Waals surface area contributed by atoms with Crippen molar-refractivity contribution in [1.29, 1.82) is 0 Å². The monoisotopic (exact) mass is 403 g/mol. The van der Waals surface area contributed by atoms with E-state index < -0.39 is 10.0 Å². The summed E-state index contributed by atoms with van der Waals surface area (Å²) < 4.78 is 25.8. The third-order valence-electron chi connectivity index (χ3n) is 4.98. The number of hydrogen-bond acceptors (Lipinski definition) is 4. The van der Waals surface area contributed by atoms with Gasteiger partial charge in [-0.05, 0) is 30.3 Å². The Bertz CT molecular complexity index is 951. The van der Waals surface area contributed by atoms with E-state index >= 15 is 0 Å². The minimum Gasteiger partial charge on any atom is -0.359 e. The zero-order valence-electron chi connectivity index (χ0n) is 16.5. The Morgan fingerprint density at radius 2 is 1.75 bits per heavy atom. The first kappa shape index (κ1) is 20.3. The smallest absolute Gasteiger partial charge is 0.255 e. The normalized spacial score (nSPS) is 15.6. The average molecular weight is 404 g/mol. The van der Waals surface area contributed by atoms with Crippen molar-refractivity contribution in [3.05, 3.63) is 54.1 Å². The summed E-state index contributed by atoms with van der Waals surface area (Å²) in [7, 11) is 1.52. The first-order valence-corrected chi connectivity index (χ1v) is 10.7. The quantitative estimate of drug-likeness (QED) is 0.764. The molecule has 1 amide bonds. The molecule has 0 atom stereocenters. The van der Waals surface area contributed by atoms with E-state index in [2.05, 4.69) is 17.3 Å². The van der Waals surface area contributed by atoms with Crippen LogP contribution in [-0.2, 0) is 10.0 Å². The van der Waals surface area contributed by atoms with Crippen LogP contribution in [0.3, 0.4) is 0 Å². The Morgan fingerprint density at radius 1 is 1.07 bits per heavy atom. The van der Waals surface area contributed by atoms with Gasteiger partial charge in [0.25, 0.3) is 5.91 Å². The predicted molar refractivity (Wildman–Crippen MR) is 111 cm³/mol. The van der Waals surface area contributed by atoms with Gasteiger partial charge in [-0.2, -0.15) is 0 Å². The van der Waals surface area contributed by atoms with E-state index in [9.17, 15) is 13.2 Å². The maximum absolute atomic E-state index is 12.8. The van der Waals surface area contributed by atoms with Crippen molar-refractivity contribution < 1.29 is 18.1 Å². The molecule has 150 valence electrons. The number of amides is 1. The number of quaternary nitrogens is 1. The molecule has 28 heavy (non-hydrogen) atoms. The van der Waals surface area contributed by atoms with Crippen molar-refractivity contribution in [3.8, 4) is 0 Å². The van der Waals surface area contributed by atoms with Crippen LogP contribution in [0.5, 0.6) is 0 Å². The van der Waals surface area contributed by atoms with Crippen LogP contribution in [0.25, 0.3) is 0 Å². The number of anilines is 2. The largest absolute Gasteiger partial charge is 0.359 e. The molecule has 2 aromatic rings. The summed E-state index contributed by atoms with van der Waals surface area (Å²) >= 11 is 0. The number of piperazine rings is 1. The van der Waals surface area contributed by atoms with Gasteiger partial charge >= 0.3 is 0 Å². The summed E-state index contributed by atoms with van der Waals surface area (Å²) in [5, 5.41) is 2.95. The zero-order chi connectivity index (χ0) is 20.3. The summed E-state index contributed by atoms with van der Waals surface area (Å²) in [6, 6.07) is 13.8. The Balaban J connectivity index is 1.83. The minimum atomic E-state index is -3.59. The highest BCUT2D eigenvalue weighted by atomic mass is 32.2. The van der Waals surface area contributed by atoms with E-state index in [0.29, 0.717) is 5.56 Å². The Morgan fingerprint density at radius 3 is 2.43 bits per heavy atom. The molecule has 0 spiro atoms. The van der Waals surface area contributed by atoms with Crippen LogP contribution in [0.2, 0.25) is 0 Å². The van der Waals surface area contributed by atoms with Gasteiger partial charge in [0.15, 0.2) is 0 Å². The molecule has 7 nitrogen and oxygen atoms in total. The van der Waals surface area contributed by atoms with Gasteiger partial charge in [0.2, 0.25) is 10.0 Å². The molecule has 8 heteroatoms. The second-order valence-corrected chi connectivity index (χ2v) is 9.38. The number of para-hydroxylation sites is 2. The maximum Gasteiger partial charge on any atom is 0.255 e. The summed E-state index contributed by atoms with van der Waals surface area (Å²) in [6.07, 6.45) is 0. The van der Waals surface area contributed by atoms with Gasteiger partial charge in [-0.3, -0.25) is 4.79 Å². The lowest BCUT2D eigenvalue weighted by molar-refractivity contribution is -0.880. The van der Waals surface area contributed by atoms with Crippen molar-refractivity contribution in [3.63, 3.8) is 0 Å². The standard InChI is InChI=1S/C20H26N4O3S/c1-22(2)28(26,27)17-8-6-7-16(15-17)20(25)21-18-9-4-5-10-19(18)24-13-11-23(3)12-14-24/h4-10,15H,11-14H2,1-3H3,(H,21,25)/p+1. The SMILES string of the molecule is CN(C)S(=O)(=O)c1cccc(C(=O)Nc2ccccc2N2CC[NH+](C)CC2)c1. The molecule has 2 aromatic carbocycles. The molecule has 2 N–H and O–H groups in total. The number of likely N-dealkylation sites (N-methyl/N-ethyl adjacent to an activating group) is 1. The van der Waals surface area contributed by atoms with Crippen LogP contribution < -0.4 is 15.1 Å². The summed E-state index contributed by atoms with van der Waals surface area (Å²) in [6.45, 7) is 3.95. The predicted octanol–water partition coefficient (Wildman–Crippen LogP) is 0.524. The highest BCUT2D eigenvalue weighted by molar-refractivity contribution is 7.89. The zero-order valence-corrected chi connectivity index (χ0v) is 17.3. The molecule has 1 fully saturated rings. The number of carbonyl (C=O) groups excluding carboxylic acids is 1. The topological polar surface area (TPSA) is 74.2 Å². The van der Waals surface area contributed by atoms with Crippen LogP contribution in [0.15, 0.2) is 53.4 Å². The second kappa shape index (κ2) is 8.30. The van der Waals surface area contributed by atoms with Gasteiger partial charge in [-0.25, -0.2) is 12.7 Å². The first-order valence-electron chi connectivity index (χ1n) is 9.28. The number of sulfonamides is 1. The lowest BCUT2D eigenvalue weighted by Crippen LogP contribution is -3.12. The molecule has 3 rings (SSSR count). The number of rotatable bonds is 5. The van der Waals surface area contributed by atoms with Crippen LogP contribution in [0.1, 0.15) is 10.4 Å². The number of benzene rings is 2. The molecule has 0 saturated carbocycles. The van der Waals surface area contributed by atoms with Gasteiger partial charge < -0.3 is 15.1 Å². The van der Waals surface area contributed by atoms with Crippen molar-refractivity contribution >= 4 is 27.3 Å². The molecule has 1 aliphatic heterocycles. The van der Waals surface area contributed by atoms with E-state index in [-0.39, 0.29) is 10.8 Å². The molecule has 0 bridgehead atoms. The molecular weight excluding hydrogens is 376 g/mol. The van der Waals surface area contributed by atoms with Gasteiger partial charge in [0.1, 0.15) is 0 Å². The highest BCUT2D eigenvalue weighted by Gasteiger charge is 2.21. The summed E-state index contributed by atoms with van der Waals surface area (Å²) in [5.74, 6) is -0.331. The van der Waals surface area contributed by atoms with Crippen LogP contribution in [-0.4, -0.2) is 66.0 Å². The number of carbonyl (C=O) groups is 1. The van der Waals surface area contributed by atoms with Crippen LogP contribution in [0.4, 0.5) is 11.4 Å². The van der Waals surface area contributed by atoms with Gasteiger partial charge in [-0.1, -0.05) is 18.2 Å². The Kier molecular flexibility index (Phi) is 6.02. The summed E-state index contributed by atoms with van der Waals surface area (Å²) in [4.78, 5) is 16.7. The molecular formula is C20H27N4O3S+. The molecule has 0 aromatic heterocycles. The summed E-state index contributed by atoms with van der Waals surface area (Å²) in [5.41, 5.74) is 2.02. The lowest BCUT2D eigenvalue weighted by atomic mass is 10.2. The molecule has 0 unspecified atom stereocenters. The molecule has 0 aliphatic carbocycles. The van der Waals surface area contributed by atoms with Gasteiger partial charge in [-0.15, -0.1) is 0 Å². The van der Waals surface area contributed by atoms with E-state index in [4.69, 9.17) is 0 Å². The Hall–Kier alpha value is -2.42. The highest BCUT2D eigenvalue weighted by Crippen LogP contribution is 2.26. The van der Waals surface area contributed by atoms with Gasteiger partial charge in [0, 0.05) is 19.7 Å². The van der Waals surface area contributed by atoms with Crippen molar-refractivity contribution in [2.45, 2.75) is 4.90 Å². The van der Waals surface area contributed by atoms with Crippen molar-refractivity contribution in [2.24, 2.45) is 0 Å². The fraction of sp³-hybridized carbons (Fsp3) is 0.350. The average Bonchev–Trinajstić information content (AvgIpc) is 2.69. The fourth-order valence-electron chi connectivity index (χ4n) is 3.19. The number of nitrogens with one attached hydrogen (secondary N) is 2. The molecule has 1 saturated heterocycles. The van der Waals surface area contributed by atoms with Crippen LogP contribution in [0, 0.1) is 0 Å². The first-order chi connectivity index (χ1) is 13.3. The molecule has 0 radical (unpaired) electrons. The van der Waals surface area contributed by atoms with E-state index in [1.165, 1.54) is 31.1 Å². The van der Waals surface area contributed by atoms with Gasteiger partial charge in [0.05, 0.1) is 49.5 Å². The molecule has 1 heterocycles. The number of nitrogens with zero attached hydrogens (tertiary/aromatic N) is 2. The Labute approximate surface area is 166 Å². The van der Waals surface area contributed by atoms with Crippen LogP contribution >= 0.6 is 0 Å². The lowest BCUT2D eigenvalue weighted by Gasteiger charge is -2.33. The van der Waals surface area contributed by atoms with E-state index in [0.717, 1.165) is 41.9 Å². The second-order valence-electron chi connectivity index (χ2n) is 7.23. The minimum absolute atomic E-state index is 0.0977. The van der Waals surface area contributed by atoms with E-state index in [1.807, 2.05) is 24.3 Å². The number of hydrogen-bond donors (Lipinski definition) is 2.